The molecule has 0 N–H and O–H groups in total. The van der Waals surface area contributed by atoms with E-state index in [0.29, 0.717) is 12.3 Å². The van der Waals surface area contributed by atoms with Crippen molar-refractivity contribution in [1.82, 2.24) is 19.7 Å². The van der Waals surface area contributed by atoms with Crippen molar-refractivity contribution in [3.05, 3.63) is 72.3 Å². The van der Waals surface area contributed by atoms with Crippen molar-refractivity contribution >= 4 is 23.1 Å². The second kappa shape index (κ2) is 9.80. The summed E-state index contributed by atoms with van der Waals surface area (Å²) >= 11 is 3.21. The third kappa shape index (κ3) is 4.50. The maximum atomic E-state index is 5.50. The van der Waals surface area contributed by atoms with Gasteiger partial charge in [-0.05, 0) is 24.3 Å². The largest absolute Gasteiger partial charge is 0.496 e. The van der Waals surface area contributed by atoms with E-state index in [1.807, 2.05) is 59.2 Å². The summed E-state index contributed by atoms with van der Waals surface area (Å²) in [5.74, 6) is 3.03. The van der Waals surface area contributed by atoms with E-state index in [2.05, 4.69) is 22.2 Å². The van der Waals surface area contributed by atoms with Gasteiger partial charge in [-0.25, -0.2) is 4.98 Å². The molecule has 158 valence electrons. The molecule has 31 heavy (non-hydrogen) atoms. The van der Waals surface area contributed by atoms with E-state index < -0.39 is 0 Å². The molecule has 0 atom stereocenters. The number of aromatic nitrogens is 4. The van der Waals surface area contributed by atoms with E-state index in [-0.39, 0.29) is 0 Å². The third-order valence-electron chi connectivity index (χ3n) is 4.61. The summed E-state index contributed by atoms with van der Waals surface area (Å²) in [5, 5.41) is 12.7. The van der Waals surface area contributed by atoms with Gasteiger partial charge < -0.3 is 9.47 Å². The van der Waals surface area contributed by atoms with E-state index in [1.54, 1.807) is 37.3 Å². The van der Waals surface area contributed by atoms with Gasteiger partial charge >= 0.3 is 0 Å². The molecule has 6 nitrogen and oxygen atoms in total. The summed E-state index contributed by atoms with van der Waals surface area (Å²) in [7, 11) is 3.33. The lowest BCUT2D eigenvalue weighted by Gasteiger charge is -2.10. The van der Waals surface area contributed by atoms with E-state index in [4.69, 9.17) is 14.5 Å². The number of ether oxygens (including phenoxy) is 2. The Morgan fingerprint density at radius 3 is 2.39 bits per heavy atom. The molecular weight excluding hydrogens is 428 g/mol. The van der Waals surface area contributed by atoms with Gasteiger partial charge in [-0.15, -0.1) is 28.1 Å². The monoisotopic (exact) mass is 450 g/mol. The first kappa shape index (κ1) is 21.1. The van der Waals surface area contributed by atoms with Crippen LogP contribution in [0.2, 0.25) is 0 Å². The van der Waals surface area contributed by atoms with Gasteiger partial charge in [0.2, 0.25) is 0 Å². The van der Waals surface area contributed by atoms with E-state index in [0.717, 1.165) is 44.3 Å². The number of hydrogen-bond acceptors (Lipinski definition) is 7. The SMILES string of the molecule is C=CCn1c(SCc2csc(-c3ccccc3OC)n2)nnc1-c1ccccc1OC. The standard InChI is InChI=1S/C23H22N4O2S2/c1-4-13-27-21(17-9-5-7-11-19(17)28-2)25-26-23(27)31-15-16-14-30-22(24-16)18-10-6-8-12-20(18)29-3/h4-12,14H,1,13,15H2,2-3H3. The number of thioether (sulfide) groups is 1. The van der Waals surface area contributed by atoms with Gasteiger partial charge in [-0.2, -0.15) is 0 Å². The van der Waals surface area contributed by atoms with Crippen LogP contribution in [-0.2, 0) is 12.3 Å². The summed E-state index contributed by atoms with van der Waals surface area (Å²) in [6.45, 7) is 4.49. The van der Waals surface area contributed by atoms with Crippen LogP contribution in [0.15, 0.2) is 71.7 Å². The molecule has 0 aliphatic heterocycles. The molecular formula is C23H22N4O2S2. The predicted octanol–water partition coefficient (Wildman–Crippen LogP) is 5.56. The molecule has 0 aliphatic carbocycles. The molecule has 0 radical (unpaired) electrons. The van der Waals surface area contributed by atoms with Crippen LogP contribution in [0.3, 0.4) is 0 Å². The van der Waals surface area contributed by atoms with Crippen LogP contribution in [0.5, 0.6) is 11.5 Å². The van der Waals surface area contributed by atoms with Gasteiger partial charge in [-0.3, -0.25) is 4.57 Å². The minimum absolute atomic E-state index is 0.603. The number of allylic oxidation sites excluding steroid dienone is 1. The summed E-state index contributed by atoms with van der Waals surface area (Å²) in [6, 6.07) is 15.7. The zero-order valence-electron chi connectivity index (χ0n) is 17.3. The van der Waals surface area contributed by atoms with Gasteiger partial charge in [0, 0.05) is 17.7 Å². The Hall–Kier alpha value is -3.10. The molecule has 0 saturated carbocycles. The number of hydrogen-bond donors (Lipinski definition) is 0. The highest BCUT2D eigenvalue weighted by Crippen LogP contribution is 2.34. The molecule has 2 aromatic carbocycles. The molecule has 0 fully saturated rings. The Bertz CT molecular complexity index is 1190. The Labute approximate surface area is 189 Å². The lowest BCUT2D eigenvalue weighted by atomic mass is 10.2. The summed E-state index contributed by atoms with van der Waals surface area (Å²) in [4.78, 5) is 4.79. The zero-order chi connectivity index (χ0) is 21.6. The van der Waals surface area contributed by atoms with Crippen LogP contribution in [0, 0.1) is 0 Å². The average molecular weight is 451 g/mol. The van der Waals surface area contributed by atoms with Crippen molar-refractivity contribution in [2.24, 2.45) is 0 Å². The van der Waals surface area contributed by atoms with Crippen LogP contribution < -0.4 is 9.47 Å². The Morgan fingerprint density at radius 1 is 1.00 bits per heavy atom. The molecule has 0 unspecified atom stereocenters. The first-order chi connectivity index (χ1) is 15.2. The zero-order valence-corrected chi connectivity index (χ0v) is 18.9. The minimum atomic E-state index is 0.603. The van der Waals surface area contributed by atoms with Crippen LogP contribution in [0.1, 0.15) is 5.69 Å². The lowest BCUT2D eigenvalue weighted by molar-refractivity contribution is 0.416. The highest BCUT2D eigenvalue weighted by molar-refractivity contribution is 7.98. The van der Waals surface area contributed by atoms with Crippen LogP contribution in [0.4, 0.5) is 0 Å². The number of nitrogens with zero attached hydrogens (tertiary/aromatic N) is 4. The topological polar surface area (TPSA) is 62.1 Å². The van der Waals surface area contributed by atoms with Crippen LogP contribution in [0.25, 0.3) is 22.0 Å². The smallest absolute Gasteiger partial charge is 0.192 e. The molecule has 2 aromatic heterocycles. The average Bonchev–Trinajstić information content (AvgIpc) is 3.45. The van der Waals surface area contributed by atoms with Crippen molar-refractivity contribution in [1.29, 1.82) is 0 Å². The quantitative estimate of drug-likeness (QED) is 0.246. The number of para-hydroxylation sites is 2. The molecule has 0 bridgehead atoms. The summed E-state index contributed by atoms with van der Waals surface area (Å²) < 4.78 is 13.0. The van der Waals surface area contributed by atoms with Crippen LogP contribution in [-0.4, -0.2) is 34.0 Å². The van der Waals surface area contributed by atoms with E-state index >= 15 is 0 Å². The number of methoxy groups -OCH3 is 2. The molecule has 0 saturated heterocycles. The van der Waals surface area contributed by atoms with E-state index in [1.165, 1.54) is 0 Å². The molecule has 8 heteroatoms. The Kier molecular flexibility index (Phi) is 6.69. The minimum Gasteiger partial charge on any atom is -0.496 e. The number of thiazole rings is 1. The molecule has 4 rings (SSSR count). The van der Waals surface area contributed by atoms with Gasteiger partial charge in [0.15, 0.2) is 11.0 Å². The maximum absolute atomic E-state index is 5.50. The van der Waals surface area contributed by atoms with Crippen molar-refractivity contribution in [3.63, 3.8) is 0 Å². The van der Waals surface area contributed by atoms with Gasteiger partial charge in [-0.1, -0.05) is 42.1 Å². The summed E-state index contributed by atoms with van der Waals surface area (Å²) in [6.07, 6.45) is 1.84. The highest BCUT2D eigenvalue weighted by Gasteiger charge is 2.17. The number of benzene rings is 2. The van der Waals surface area contributed by atoms with Gasteiger partial charge in [0.1, 0.15) is 16.5 Å². The first-order valence-corrected chi connectivity index (χ1v) is 11.5. The fraction of sp³-hybridized carbons (Fsp3) is 0.174. The van der Waals surface area contributed by atoms with Gasteiger partial charge in [0.05, 0.1) is 31.0 Å². The maximum Gasteiger partial charge on any atom is 0.192 e. The van der Waals surface area contributed by atoms with Crippen LogP contribution >= 0.6 is 23.1 Å². The second-order valence-corrected chi connectivity index (χ2v) is 8.34. The fourth-order valence-electron chi connectivity index (χ4n) is 3.17. The normalized spacial score (nSPS) is 10.8. The Balaban J connectivity index is 1.56. The Morgan fingerprint density at radius 2 is 1.68 bits per heavy atom. The van der Waals surface area contributed by atoms with Crippen molar-refractivity contribution in [3.8, 4) is 33.5 Å². The number of rotatable bonds is 9. The van der Waals surface area contributed by atoms with E-state index in [9.17, 15) is 0 Å². The van der Waals surface area contributed by atoms with Crippen molar-refractivity contribution in [2.75, 3.05) is 14.2 Å². The van der Waals surface area contributed by atoms with Gasteiger partial charge in [0.25, 0.3) is 0 Å². The molecule has 2 heterocycles. The lowest BCUT2D eigenvalue weighted by Crippen LogP contribution is -2.01. The first-order valence-electron chi connectivity index (χ1n) is 9.63. The molecule has 0 spiro atoms. The highest BCUT2D eigenvalue weighted by atomic mass is 32.2. The van der Waals surface area contributed by atoms with Crippen molar-refractivity contribution in [2.45, 2.75) is 17.5 Å². The molecule has 0 amide bonds. The third-order valence-corrected chi connectivity index (χ3v) is 6.54. The predicted molar refractivity (Wildman–Crippen MR) is 126 cm³/mol. The molecule has 0 aliphatic rings. The molecule has 4 aromatic rings. The fourth-order valence-corrected chi connectivity index (χ4v) is 4.97. The van der Waals surface area contributed by atoms with Crippen molar-refractivity contribution < 1.29 is 9.47 Å². The summed E-state index contributed by atoms with van der Waals surface area (Å²) in [5.41, 5.74) is 2.89. The second-order valence-electron chi connectivity index (χ2n) is 6.54.